The molecule has 18 heavy (non-hydrogen) atoms. The molecule has 0 aliphatic heterocycles. The summed E-state index contributed by atoms with van der Waals surface area (Å²) in [6.45, 7) is 8.43. The summed E-state index contributed by atoms with van der Waals surface area (Å²) >= 11 is 12.5. The van der Waals surface area contributed by atoms with Gasteiger partial charge in [0.05, 0.1) is 0 Å². The van der Waals surface area contributed by atoms with Gasteiger partial charge in [-0.2, -0.15) is 22.2 Å². The molecule has 1 rings (SSSR count). The smallest absolute Gasteiger partial charge is 0.162 e. The molecule has 0 nitrogen and oxygen atoms in total. The predicted octanol–water partition coefficient (Wildman–Crippen LogP) is 5.68. The molecular formula is C14H20Cl2Si2. The van der Waals surface area contributed by atoms with Crippen LogP contribution < -0.4 is 0 Å². The van der Waals surface area contributed by atoms with Crippen molar-refractivity contribution in [1.82, 2.24) is 0 Å². The van der Waals surface area contributed by atoms with Crippen LogP contribution in [-0.4, -0.2) is 14.8 Å². The van der Waals surface area contributed by atoms with Gasteiger partial charge in [0, 0.05) is 0 Å². The van der Waals surface area contributed by atoms with Crippen molar-refractivity contribution in [3.63, 3.8) is 0 Å². The minimum Gasteiger partial charge on any atom is -0.162 e. The second-order valence-corrected chi connectivity index (χ2v) is 18.2. The van der Waals surface area contributed by atoms with Gasteiger partial charge in [0.25, 0.3) is 0 Å². The summed E-state index contributed by atoms with van der Waals surface area (Å²) in [5.41, 5.74) is 6.65. The van der Waals surface area contributed by atoms with Gasteiger partial charge in [0.1, 0.15) is 0 Å². The van der Waals surface area contributed by atoms with Crippen molar-refractivity contribution in [2.45, 2.75) is 26.2 Å². The van der Waals surface area contributed by atoms with Crippen molar-refractivity contribution in [1.29, 1.82) is 0 Å². The van der Waals surface area contributed by atoms with Crippen LogP contribution in [0, 0.1) is 0 Å². The van der Waals surface area contributed by atoms with Gasteiger partial charge in [-0.25, -0.2) is 0 Å². The Hall–Kier alpha value is -0.286. The third kappa shape index (κ3) is 7.22. The first kappa shape index (κ1) is 15.8. The van der Waals surface area contributed by atoms with E-state index < -0.39 is 14.8 Å². The zero-order chi connectivity index (χ0) is 13.8. The van der Waals surface area contributed by atoms with Crippen molar-refractivity contribution < 1.29 is 0 Å². The molecule has 0 aliphatic carbocycles. The van der Waals surface area contributed by atoms with Gasteiger partial charge in [-0.1, -0.05) is 74.0 Å². The Morgan fingerprint density at radius 3 is 1.22 bits per heavy atom. The first-order chi connectivity index (χ1) is 8.16. The van der Waals surface area contributed by atoms with Crippen molar-refractivity contribution in [3.8, 4) is 0 Å². The van der Waals surface area contributed by atoms with Crippen LogP contribution in [0.15, 0.2) is 35.7 Å². The summed E-state index contributed by atoms with van der Waals surface area (Å²) < 4.78 is 0. The average molecular weight is 315 g/mol. The van der Waals surface area contributed by atoms with E-state index in [1.807, 2.05) is 0 Å². The van der Waals surface area contributed by atoms with E-state index in [1.54, 1.807) is 0 Å². The summed E-state index contributed by atoms with van der Waals surface area (Å²) in [7, 11) is -3.26. The Morgan fingerprint density at radius 1 is 0.722 bits per heavy atom. The standard InChI is InChI=1S/C14H20Cl2Si2/c1-17(2,15)11-9-13-5-7-14(8-6-13)10-12-18(3,4)16/h5-12H,1-4H3. The maximum absolute atomic E-state index is 6.25. The topological polar surface area (TPSA) is 0 Å². The van der Waals surface area contributed by atoms with Crippen LogP contribution in [0.25, 0.3) is 12.2 Å². The zero-order valence-corrected chi connectivity index (χ0v) is 14.9. The molecule has 0 N–H and O–H groups in total. The zero-order valence-electron chi connectivity index (χ0n) is 11.4. The molecule has 0 heterocycles. The Labute approximate surface area is 122 Å². The largest absolute Gasteiger partial charge is 0.173 e. The molecule has 0 amide bonds. The molecule has 0 unspecified atom stereocenters. The Kier molecular flexibility index (Phi) is 5.47. The molecule has 0 fully saturated rings. The van der Waals surface area contributed by atoms with Crippen LogP contribution in [0.3, 0.4) is 0 Å². The lowest BCUT2D eigenvalue weighted by Crippen LogP contribution is -2.11. The van der Waals surface area contributed by atoms with Gasteiger partial charge in [-0.05, 0) is 11.1 Å². The molecule has 1 aromatic carbocycles. The van der Waals surface area contributed by atoms with E-state index in [4.69, 9.17) is 22.2 Å². The van der Waals surface area contributed by atoms with Crippen LogP contribution in [0.4, 0.5) is 0 Å². The number of rotatable bonds is 4. The normalized spacial score (nSPS) is 13.7. The molecule has 0 radical (unpaired) electrons. The van der Waals surface area contributed by atoms with E-state index in [-0.39, 0.29) is 0 Å². The van der Waals surface area contributed by atoms with Crippen molar-refractivity contribution in [2.24, 2.45) is 0 Å². The fourth-order valence-corrected chi connectivity index (χ4v) is 2.86. The molecule has 0 saturated carbocycles. The molecule has 98 valence electrons. The molecular weight excluding hydrogens is 295 g/mol. The van der Waals surface area contributed by atoms with Gasteiger partial charge in [-0.15, -0.1) is 0 Å². The Morgan fingerprint density at radius 2 is 1.00 bits per heavy atom. The van der Waals surface area contributed by atoms with Crippen LogP contribution in [-0.2, 0) is 0 Å². The van der Waals surface area contributed by atoms with Crippen molar-refractivity contribution in [3.05, 3.63) is 46.8 Å². The van der Waals surface area contributed by atoms with Gasteiger partial charge in [-0.3, -0.25) is 0 Å². The van der Waals surface area contributed by atoms with Gasteiger partial charge < -0.3 is 0 Å². The highest BCUT2D eigenvalue weighted by molar-refractivity contribution is 7.22. The summed E-state index contributed by atoms with van der Waals surface area (Å²) in [5.74, 6) is 0. The number of hydrogen-bond donors (Lipinski definition) is 0. The van der Waals surface area contributed by atoms with Gasteiger partial charge in [0.15, 0.2) is 14.8 Å². The van der Waals surface area contributed by atoms with Crippen LogP contribution >= 0.6 is 22.2 Å². The summed E-state index contributed by atoms with van der Waals surface area (Å²) in [5, 5.41) is 0. The van der Waals surface area contributed by atoms with Crippen molar-refractivity contribution in [2.75, 3.05) is 0 Å². The van der Waals surface area contributed by atoms with E-state index in [0.717, 1.165) is 0 Å². The molecule has 1 aromatic rings. The van der Waals surface area contributed by atoms with Crippen molar-refractivity contribution >= 4 is 49.1 Å². The molecule has 4 heteroatoms. The second-order valence-electron chi connectivity index (χ2n) is 5.46. The highest BCUT2D eigenvalue weighted by atomic mass is 35.6. The number of halogens is 2. The number of benzene rings is 1. The minimum atomic E-state index is -1.63. The first-order valence-electron chi connectivity index (χ1n) is 6.02. The lowest BCUT2D eigenvalue weighted by atomic mass is 10.1. The molecule has 0 spiro atoms. The van der Waals surface area contributed by atoms with Gasteiger partial charge >= 0.3 is 0 Å². The summed E-state index contributed by atoms with van der Waals surface area (Å²) in [6.07, 6.45) is 4.21. The quantitative estimate of drug-likeness (QED) is 0.495. The summed E-state index contributed by atoms with van der Waals surface area (Å²) in [6, 6.07) is 8.43. The lowest BCUT2D eigenvalue weighted by Gasteiger charge is -2.06. The molecule has 0 atom stereocenters. The van der Waals surface area contributed by atoms with E-state index in [9.17, 15) is 0 Å². The van der Waals surface area contributed by atoms with E-state index in [0.29, 0.717) is 0 Å². The highest BCUT2D eigenvalue weighted by Crippen LogP contribution is 2.15. The minimum absolute atomic E-state index is 1.19. The molecule has 0 saturated heterocycles. The average Bonchev–Trinajstić information content (AvgIpc) is 2.23. The maximum atomic E-state index is 6.25. The van der Waals surface area contributed by atoms with E-state index >= 15 is 0 Å². The maximum Gasteiger partial charge on any atom is 0.173 e. The first-order valence-corrected chi connectivity index (χ1v) is 14.2. The second kappa shape index (κ2) is 6.24. The SMILES string of the molecule is C[Si](C)(Cl)C=Cc1ccc(C=C[Si](C)(C)Cl)cc1. The monoisotopic (exact) mass is 314 g/mol. The molecule has 0 aliphatic rings. The molecule has 0 aromatic heterocycles. The summed E-state index contributed by atoms with van der Waals surface area (Å²) in [4.78, 5) is 0. The van der Waals surface area contributed by atoms with Gasteiger partial charge in [0.2, 0.25) is 0 Å². The van der Waals surface area contributed by atoms with Crippen LogP contribution in [0.1, 0.15) is 11.1 Å². The van der Waals surface area contributed by atoms with Crippen LogP contribution in [0.2, 0.25) is 26.2 Å². The fourth-order valence-electron chi connectivity index (χ4n) is 1.31. The van der Waals surface area contributed by atoms with E-state index in [2.05, 4.69) is 74.0 Å². The molecule has 0 bridgehead atoms. The Balaban J connectivity index is 2.75. The lowest BCUT2D eigenvalue weighted by molar-refractivity contribution is 1.62. The number of hydrogen-bond acceptors (Lipinski definition) is 0. The van der Waals surface area contributed by atoms with Crippen LogP contribution in [0.5, 0.6) is 0 Å². The third-order valence-corrected chi connectivity index (χ3v) is 4.96. The highest BCUT2D eigenvalue weighted by Gasteiger charge is 2.11. The van der Waals surface area contributed by atoms with E-state index in [1.165, 1.54) is 11.1 Å². The Bertz CT molecular complexity index is 391. The predicted molar refractivity (Wildman–Crippen MR) is 91.2 cm³/mol. The fraction of sp³-hybridized carbons (Fsp3) is 0.286. The third-order valence-electron chi connectivity index (χ3n) is 2.28.